The number of benzene rings is 1. The largest absolute Gasteiger partial charge is 0.456 e. The van der Waals surface area contributed by atoms with Crippen LogP contribution in [0.15, 0.2) is 28.7 Å². The van der Waals surface area contributed by atoms with Gasteiger partial charge in [0.1, 0.15) is 19.2 Å². The van der Waals surface area contributed by atoms with E-state index in [1.165, 1.54) is 16.4 Å². The quantitative estimate of drug-likeness (QED) is 0.484. The molecule has 1 atom stereocenters. The van der Waals surface area contributed by atoms with E-state index in [-0.39, 0.29) is 5.38 Å². The molecule has 1 nitrogen and oxygen atoms in total. The summed E-state index contributed by atoms with van der Waals surface area (Å²) in [6, 6.07) is 6.14. The molecular formula is C12H10BClO. The summed E-state index contributed by atoms with van der Waals surface area (Å²) in [6.07, 6.45) is 4.84. The van der Waals surface area contributed by atoms with Gasteiger partial charge in [0.25, 0.3) is 0 Å². The summed E-state index contributed by atoms with van der Waals surface area (Å²) in [5.74, 6) is 0.969. The first-order chi connectivity index (χ1) is 7.25. The van der Waals surface area contributed by atoms with Crippen LogP contribution in [0.2, 0.25) is 0 Å². The predicted octanol–water partition coefficient (Wildman–Crippen LogP) is 1.87. The Kier molecular flexibility index (Phi) is 1.93. The number of halogens is 1. The van der Waals surface area contributed by atoms with Gasteiger partial charge in [-0.2, -0.15) is 0 Å². The standard InChI is InChI=1S/C12H10BClO/c13-9-2-1-3-11-12(9)8-6-7(14)4-5-10(8)15-11/h1-5,7H,6,13H2. The Morgan fingerprint density at radius 3 is 3.13 bits per heavy atom. The highest BCUT2D eigenvalue weighted by Gasteiger charge is 2.19. The number of hydrogen-bond acceptors (Lipinski definition) is 1. The summed E-state index contributed by atoms with van der Waals surface area (Å²) < 4.78 is 5.77. The molecule has 1 heterocycles. The van der Waals surface area contributed by atoms with Gasteiger partial charge in [-0.25, -0.2) is 0 Å². The summed E-state index contributed by atoms with van der Waals surface area (Å²) in [7, 11) is 2.11. The molecule has 3 heteroatoms. The maximum atomic E-state index is 6.13. The first-order valence-corrected chi connectivity index (χ1v) is 5.52. The number of rotatable bonds is 0. The number of allylic oxidation sites excluding steroid dienone is 1. The number of hydrogen-bond donors (Lipinski definition) is 0. The Hall–Kier alpha value is -1.15. The van der Waals surface area contributed by atoms with Crippen LogP contribution in [0.4, 0.5) is 0 Å². The molecule has 1 aromatic carbocycles. The normalized spacial score (nSPS) is 19.4. The third kappa shape index (κ3) is 1.32. The molecule has 15 heavy (non-hydrogen) atoms. The van der Waals surface area contributed by atoms with Crippen molar-refractivity contribution >= 4 is 42.0 Å². The Balaban J connectivity index is 2.37. The second-order valence-corrected chi connectivity index (χ2v) is 4.53. The van der Waals surface area contributed by atoms with Crippen LogP contribution in [0.1, 0.15) is 11.3 Å². The zero-order chi connectivity index (χ0) is 10.4. The topological polar surface area (TPSA) is 13.1 Å². The summed E-state index contributed by atoms with van der Waals surface area (Å²) in [6.45, 7) is 0. The van der Waals surface area contributed by atoms with Crippen molar-refractivity contribution in [1.29, 1.82) is 0 Å². The maximum absolute atomic E-state index is 6.13. The van der Waals surface area contributed by atoms with Crippen LogP contribution in [0.25, 0.3) is 17.0 Å². The molecule has 1 aliphatic carbocycles. The van der Waals surface area contributed by atoms with Crippen molar-refractivity contribution in [3.63, 3.8) is 0 Å². The fourth-order valence-electron chi connectivity index (χ4n) is 2.21. The average Bonchev–Trinajstić information content (AvgIpc) is 2.57. The monoisotopic (exact) mass is 216 g/mol. The van der Waals surface area contributed by atoms with E-state index in [4.69, 9.17) is 16.0 Å². The lowest BCUT2D eigenvalue weighted by atomic mass is 9.88. The van der Waals surface area contributed by atoms with E-state index in [9.17, 15) is 0 Å². The van der Waals surface area contributed by atoms with E-state index in [2.05, 4.69) is 13.9 Å². The van der Waals surface area contributed by atoms with Gasteiger partial charge in [-0.1, -0.05) is 23.7 Å². The highest BCUT2D eigenvalue weighted by molar-refractivity contribution is 6.39. The van der Waals surface area contributed by atoms with Gasteiger partial charge < -0.3 is 4.42 Å². The van der Waals surface area contributed by atoms with Crippen molar-refractivity contribution in [2.75, 3.05) is 0 Å². The molecule has 0 saturated heterocycles. The van der Waals surface area contributed by atoms with Crippen molar-refractivity contribution in [3.8, 4) is 0 Å². The van der Waals surface area contributed by atoms with Crippen LogP contribution in [-0.4, -0.2) is 13.2 Å². The van der Waals surface area contributed by atoms with Crippen LogP contribution in [0.3, 0.4) is 0 Å². The minimum atomic E-state index is 0.0953. The van der Waals surface area contributed by atoms with Gasteiger partial charge in [0.15, 0.2) is 0 Å². The van der Waals surface area contributed by atoms with E-state index in [0.717, 1.165) is 17.8 Å². The third-order valence-electron chi connectivity index (χ3n) is 2.91. The molecule has 0 radical (unpaired) electrons. The second kappa shape index (κ2) is 3.17. The van der Waals surface area contributed by atoms with Crippen LogP contribution in [0, 0.1) is 0 Å². The van der Waals surface area contributed by atoms with Crippen LogP contribution >= 0.6 is 11.6 Å². The predicted molar refractivity (Wildman–Crippen MR) is 66.8 cm³/mol. The van der Waals surface area contributed by atoms with Crippen LogP contribution in [0.5, 0.6) is 0 Å². The summed E-state index contributed by atoms with van der Waals surface area (Å²) >= 11 is 6.13. The van der Waals surface area contributed by atoms with Gasteiger partial charge in [0, 0.05) is 10.9 Å². The molecule has 0 bridgehead atoms. The molecule has 0 aliphatic heterocycles. The van der Waals surface area contributed by atoms with Crippen LogP contribution < -0.4 is 5.46 Å². The first kappa shape index (κ1) is 9.11. The number of furan rings is 1. The fourth-order valence-corrected chi connectivity index (χ4v) is 2.44. The SMILES string of the molecule is Bc1cccc2oc3c(c12)CC(Cl)C=C3. The van der Waals surface area contributed by atoms with Gasteiger partial charge >= 0.3 is 0 Å². The lowest BCUT2D eigenvalue weighted by Crippen LogP contribution is -2.09. The number of fused-ring (bicyclic) bond motifs is 3. The lowest BCUT2D eigenvalue weighted by Gasteiger charge is -2.09. The molecule has 1 aromatic heterocycles. The van der Waals surface area contributed by atoms with Gasteiger partial charge in [-0.15, -0.1) is 11.6 Å². The van der Waals surface area contributed by atoms with E-state index in [0.29, 0.717) is 0 Å². The van der Waals surface area contributed by atoms with E-state index in [1.807, 2.05) is 24.3 Å². The zero-order valence-corrected chi connectivity index (χ0v) is 9.21. The zero-order valence-electron chi connectivity index (χ0n) is 8.46. The smallest absolute Gasteiger partial charge is 0.140 e. The van der Waals surface area contributed by atoms with Gasteiger partial charge in [-0.05, 0) is 18.6 Å². The Morgan fingerprint density at radius 2 is 2.27 bits per heavy atom. The van der Waals surface area contributed by atoms with Crippen molar-refractivity contribution in [2.24, 2.45) is 0 Å². The highest BCUT2D eigenvalue weighted by Crippen LogP contribution is 2.30. The summed E-state index contributed by atoms with van der Waals surface area (Å²) in [5.41, 5.74) is 3.48. The van der Waals surface area contributed by atoms with Crippen molar-refractivity contribution in [2.45, 2.75) is 11.8 Å². The minimum Gasteiger partial charge on any atom is -0.456 e. The number of alkyl halides is 1. The molecular weight excluding hydrogens is 206 g/mol. The van der Waals surface area contributed by atoms with Crippen molar-refractivity contribution in [3.05, 3.63) is 35.6 Å². The van der Waals surface area contributed by atoms with Gasteiger partial charge in [0.2, 0.25) is 0 Å². The van der Waals surface area contributed by atoms with E-state index in [1.54, 1.807) is 0 Å². The van der Waals surface area contributed by atoms with Crippen molar-refractivity contribution in [1.82, 2.24) is 0 Å². The second-order valence-electron chi connectivity index (χ2n) is 3.97. The maximum Gasteiger partial charge on any atom is 0.140 e. The molecule has 0 saturated carbocycles. The molecule has 0 N–H and O–H groups in total. The lowest BCUT2D eigenvalue weighted by molar-refractivity contribution is 0.596. The Morgan fingerprint density at radius 1 is 1.40 bits per heavy atom. The minimum absolute atomic E-state index is 0.0953. The molecule has 0 fully saturated rings. The first-order valence-electron chi connectivity index (χ1n) is 5.09. The molecule has 1 unspecified atom stereocenters. The molecule has 0 spiro atoms. The molecule has 0 amide bonds. The highest BCUT2D eigenvalue weighted by atomic mass is 35.5. The fraction of sp³-hybridized carbons (Fsp3) is 0.167. The summed E-state index contributed by atoms with van der Waals surface area (Å²) in [5, 5.41) is 1.33. The van der Waals surface area contributed by atoms with Crippen molar-refractivity contribution < 1.29 is 4.42 Å². The molecule has 74 valence electrons. The molecule has 3 rings (SSSR count). The Labute approximate surface area is 94.1 Å². The van der Waals surface area contributed by atoms with E-state index < -0.39 is 0 Å². The molecule has 2 aromatic rings. The van der Waals surface area contributed by atoms with Gasteiger partial charge in [0.05, 0.1) is 5.38 Å². The van der Waals surface area contributed by atoms with Gasteiger partial charge in [-0.3, -0.25) is 0 Å². The average molecular weight is 216 g/mol. The van der Waals surface area contributed by atoms with Crippen LogP contribution in [-0.2, 0) is 6.42 Å². The van der Waals surface area contributed by atoms with E-state index >= 15 is 0 Å². The summed E-state index contributed by atoms with van der Waals surface area (Å²) in [4.78, 5) is 0. The Bertz CT molecular complexity index is 556. The third-order valence-corrected chi connectivity index (χ3v) is 3.21. The molecule has 1 aliphatic rings.